The van der Waals surface area contributed by atoms with Gasteiger partial charge < -0.3 is 18.9 Å². The number of rotatable bonds is 18. The standard InChI is InChI=1S/C71H51N3.C64H49N/c1-4-47-22-32-56(33-23-47)74-69-21-13-10-18-63(69)64-44-52(31-43-70(64)74)53-30-41-59-60-42-40-58(46-66(60)71(2,3)65(59)45-53)72(54-34-24-49(25-35-54)48-14-6-5-7-15-48)55-36-26-50(27-37-55)51-28-38-57(39-29-51)73-67-19-11-8-16-61(67)62-17-9-12-20-68(62)73;1-43(2)44-14-16-48(17-15-44)49-22-24-51(25-23-49)53-30-35-58(36-31-53)65(57-33-28-52(29-34-57)50-20-18-47(19-21-50)45-10-6-5-7-11-45)59-37-39-61-60-38-32-56(41-62(60)64(3,4)63(61)42-59)55-27-26-46-12-8-9-13-54(46)40-55/h4-46H,1H2,2-3H3;5-42H,1H2,2-4H3. The van der Waals surface area contributed by atoms with E-state index in [9.17, 15) is 0 Å². The molecular weight excluding hydrogens is 1680 g/mol. The van der Waals surface area contributed by atoms with Crippen molar-refractivity contribution in [1.82, 2.24) is 9.13 Å². The molecule has 2 aliphatic carbocycles. The fourth-order valence-electron chi connectivity index (χ4n) is 21.7. The average Bonchev–Trinajstić information content (AvgIpc) is 1.57. The minimum absolute atomic E-state index is 0.197. The second-order valence-electron chi connectivity index (χ2n) is 38.2. The van der Waals surface area contributed by atoms with Crippen LogP contribution in [0, 0.1) is 0 Å². The first-order valence-corrected chi connectivity index (χ1v) is 48.2. The molecule has 0 radical (unpaired) electrons. The fourth-order valence-corrected chi connectivity index (χ4v) is 21.7. The highest BCUT2D eigenvalue weighted by molar-refractivity contribution is 6.12. The highest BCUT2D eigenvalue weighted by atomic mass is 15.1. The van der Waals surface area contributed by atoms with Crippen molar-refractivity contribution in [2.75, 3.05) is 9.80 Å². The third-order valence-corrected chi connectivity index (χ3v) is 29.2. The van der Waals surface area contributed by atoms with Crippen molar-refractivity contribution >= 4 is 100 Å². The second kappa shape index (κ2) is 34.8. The van der Waals surface area contributed by atoms with E-state index in [2.05, 4.69) is 545 Å². The SMILES string of the molecule is C=C(C)c1ccc(-c2ccc(-c3ccc(N(c4ccc(-c5ccc(-c6ccccc6)cc5)cc4)c4ccc5c(c4)C(C)(C)c4cc(-c6ccc7ccccc7c6)ccc4-5)cc3)cc2)cc1.C=Cc1ccc(-n2c3ccccc3c3cc(-c4ccc5c(c4)C(C)(C)c4cc(N(c6ccc(-c7ccccc7)cc6)c6ccc(-c7ccc(-n8c9ccccc9c9ccccc98)cc7)cc6)ccc4-5)ccc32)cc1. The molecule has 4 nitrogen and oxygen atoms in total. The number of aromatic nitrogens is 2. The molecular formula is C135H100N4. The molecule has 0 aliphatic heterocycles. The lowest BCUT2D eigenvalue weighted by molar-refractivity contribution is 0.660. The normalized spacial score (nSPS) is 12.5. The molecule has 139 heavy (non-hydrogen) atoms. The molecule has 0 unspecified atom stereocenters. The number of hydrogen-bond acceptors (Lipinski definition) is 2. The summed E-state index contributed by atoms with van der Waals surface area (Å²) in [6.45, 7) is 19.6. The smallest absolute Gasteiger partial charge is 0.0541 e. The Kier molecular flexibility index (Phi) is 21.2. The summed E-state index contributed by atoms with van der Waals surface area (Å²) < 4.78 is 4.75. The summed E-state index contributed by atoms with van der Waals surface area (Å²) >= 11 is 0. The van der Waals surface area contributed by atoms with Crippen molar-refractivity contribution in [3.63, 3.8) is 0 Å². The largest absolute Gasteiger partial charge is 0.310 e. The fraction of sp³-hybridized carbons (Fsp3) is 0.0519. The first kappa shape index (κ1) is 84.5. The van der Waals surface area contributed by atoms with E-state index in [1.165, 1.54) is 193 Å². The number of fused-ring (bicyclic) bond motifs is 13. The molecule has 25 rings (SSSR count). The van der Waals surface area contributed by atoms with Crippen LogP contribution in [0.4, 0.5) is 34.1 Å². The van der Waals surface area contributed by atoms with Gasteiger partial charge in [-0.1, -0.05) is 392 Å². The molecule has 0 amide bonds. The Balaban J connectivity index is 0.000000152. The molecule has 0 fully saturated rings. The van der Waals surface area contributed by atoms with Gasteiger partial charge in [-0.2, -0.15) is 0 Å². The molecule has 0 saturated carbocycles. The van der Waals surface area contributed by atoms with Crippen LogP contribution in [0.25, 0.3) is 189 Å². The molecule has 2 heterocycles. The van der Waals surface area contributed by atoms with Gasteiger partial charge in [-0.25, -0.2) is 0 Å². The van der Waals surface area contributed by atoms with E-state index < -0.39 is 0 Å². The number of benzene rings is 21. The first-order chi connectivity index (χ1) is 68.2. The molecule has 4 heteroatoms. The zero-order valence-electron chi connectivity index (χ0n) is 78.5. The van der Waals surface area contributed by atoms with Crippen molar-refractivity contribution in [3.8, 4) is 123 Å². The summed E-state index contributed by atoms with van der Waals surface area (Å²) in [6, 6.07) is 178. The van der Waals surface area contributed by atoms with Crippen LogP contribution < -0.4 is 9.80 Å². The average molecular weight is 1780 g/mol. The van der Waals surface area contributed by atoms with E-state index in [4.69, 9.17) is 0 Å². The number of anilines is 6. The van der Waals surface area contributed by atoms with Gasteiger partial charge in [0.25, 0.3) is 0 Å². The van der Waals surface area contributed by atoms with Crippen molar-refractivity contribution in [2.45, 2.75) is 45.4 Å². The minimum Gasteiger partial charge on any atom is -0.310 e. The molecule has 23 aromatic rings. The first-order valence-electron chi connectivity index (χ1n) is 48.2. The quantitative estimate of drug-likeness (QED) is 0.0851. The maximum atomic E-state index is 4.09. The van der Waals surface area contributed by atoms with Crippen molar-refractivity contribution < 1.29 is 0 Å². The number of hydrogen-bond donors (Lipinski definition) is 0. The van der Waals surface area contributed by atoms with Gasteiger partial charge in [0.1, 0.15) is 0 Å². The molecule has 0 atom stereocenters. The van der Waals surface area contributed by atoms with Gasteiger partial charge in [-0.3, -0.25) is 0 Å². The minimum atomic E-state index is -0.244. The van der Waals surface area contributed by atoms with Crippen LogP contribution in [-0.4, -0.2) is 9.13 Å². The molecule has 0 spiro atoms. The Morgan fingerprint density at radius 3 is 0.878 bits per heavy atom. The van der Waals surface area contributed by atoms with Gasteiger partial charge >= 0.3 is 0 Å². The number of nitrogens with zero attached hydrogens (tertiary/aromatic N) is 4. The van der Waals surface area contributed by atoms with Crippen molar-refractivity contribution in [1.29, 1.82) is 0 Å². The predicted molar refractivity (Wildman–Crippen MR) is 592 cm³/mol. The molecule has 21 aromatic carbocycles. The van der Waals surface area contributed by atoms with E-state index in [0.29, 0.717) is 0 Å². The van der Waals surface area contributed by atoms with Crippen molar-refractivity contribution in [2.24, 2.45) is 0 Å². The summed E-state index contributed by atoms with van der Waals surface area (Å²) in [5.74, 6) is 0. The topological polar surface area (TPSA) is 16.3 Å². The maximum absolute atomic E-state index is 4.09. The van der Waals surface area contributed by atoms with Crippen LogP contribution in [-0.2, 0) is 10.8 Å². The van der Waals surface area contributed by atoms with E-state index in [1.807, 2.05) is 13.0 Å². The van der Waals surface area contributed by atoms with E-state index in [1.54, 1.807) is 0 Å². The summed E-state index contributed by atoms with van der Waals surface area (Å²) in [6.07, 6.45) is 1.90. The molecule has 0 bridgehead atoms. The van der Waals surface area contributed by atoms with Crippen LogP contribution in [0.3, 0.4) is 0 Å². The zero-order valence-corrected chi connectivity index (χ0v) is 78.5. The number of allylic oxidation sites excluding steroid dienone is 1. The summed E-state index contributed by atoms with van der Waals surface area (Å²) in [7, 11) is 0. The van der Waals surface area contributed by atoms with Crippen LogP contribution in [0.5, 0.6) is 0 Å². The molecule has 0 saturated heterocycles. The zero-order chi connectivity index (χ0) is 93.6. The lowest BCUT2D eigenvalue weighted by atomic mass is 9.81. The third kappa shape index (κ3) is 15.3. The van der Waals surface area contributed by atoms with Gasteiger partial charge in [0.15, 0.2) is 0 Å². The lowest BCUT2D eigenvalue weighted by Gasteiger charge is -2.28. The summed E-state index contributed by atoms with van der Waals surface area (Å²) in [4.78, 5) is 4.82. The summed E-state index contributed by atoms with van der Waals surface area (Å²) in [5.41, 5.74) is 46.6. The summed E-state index contributed by atoms with van der Waals surface area (Å²) in [5, 5.41) is 7.56. The van der Waals surface area contributed by atoms with Gasteiger partial charge in [-0.05, 0) is 308 Å². The Labute approximate surface area is 813 Å². The van der Waals surface area contributed by atoms with Gasteiger partial charge in [-0.15, -0.1) is 0 Å². The number of para-hydroxylation sites is 3. The predicted octanol–water partition coefficient (Wildman–Crippen LogP) is 37.3. The van der Waals surface area contributed by atoms with E-state index >= 15 is 0 Å². The monoisotopic (exact) mass is 1780 g/mol. The Morgan fingerprint density at radius 2 is 0.489 bits per heavy atom. The van der Waals surface area contributed by atoms with E-state index in [0.717, 1.165) is 56.6 Å². The second-order valence-corrected chi connectivity index (χ2v) is 38.2. The van der Waals surface area contributed by atoms with Crippen LogP contribution in [0.15, 0.2) is 498 Å². The lowest BCUT2D eigenvalue weighted by Crippen LogP contribution is -2.16. The van der Waals surface area contributed by atoms with Crippen LogP contribution in [0.1, 0.15) is 68.0 Å². The van der Waals surface area contributed by atoms with Gasteiger partial charge in [0, 0.05) is 77.9 Å². The van der Waals surface area contributed by atoms with Crippen molar-refractivity contribution in [3.05, 3.63) is 532 Å². The maximum Gasteiger partial charge on any atom is 0.0541 e. The van der Waals surface area contributed by atoms with Crippen LogP contribution in [0.2, 0.25) is 0 Å². The molecule has 660 valence electrons. The van der Waals surface area contributed by atoms with E-state index in [-0.39, 0.29) is 10.8 Å². The molecule has 2 aliphatic rings. The Bertz CT molecular complexity index is 8630. The Morgan fingerprint density at radius 1 is 0.223 bits per heavy atom. The molecule has 0 N–H and O–H groups in total. The van der Waals surface area contributed by atoms with Gasteiger partial charge in [0.2, 0.25) is 0 Å². The Hall–Kier alpha value is -17.4. The highest BCUT2D eigenvalue weighted by Gasteiger charge is 2.39. The van der Waals surface area contributed by atoms with Crippen LogP contribution >= 0.6 is 0 Å². The highest BCUT2D eigenvalue weighted by Crippen LogP contribution is 2.55. The molecule has 2 aromatic heterocycles. The van der Waals surface area contributed by atoms with Gasteiger partial charge in [0.05, 0.1) is 22.1 Å². The third-order valence-electron chi connectivity index (χ3n) is 29.2.